The van der Waals surface area contributed by atoms with E-state index in [1.807, 2.05) is 37.3 Å². The van der Waals surface area contributed by atoms with E-state index in [2.05, 4.69) is 5.32 Å². The third kappa shape index (κ3) is 4.00. The summed E-state index contributed by atoms with van der Waals surface area (Å²) in [6, 6.07) is 9.17. The number of rotatable bonds is 5. The van der Waals surface area contributed by atoms with Crippen molar-refractivity contribution in [3.8, 4) is 0 Å². The quantitative estimate of drug-likeness (QED) is 0.655. The standard InChI is InChI=1S/C12H19N3O/c1-9(8-13)15-12(16)11(14)7-10-5-3-2-4-6-10/h2-6,9,11H,7-8,13-14H2,1H3,(H,15,16)/t9-,11+/m1/s1. The molecule has 1 rings (SSSR count). The third-order valence-electron chi connectivity index (χ3n) is 2.38. The molecule has 4 heteroatoms. The fraction of sp³-hybridized carbons (Fsp3) is 0.417. The zero-order valence-electron chi connectivity index (χ0n) is 9.52. The van der Waals surface area contributed by atoms with Crippen LogP contribution < -0.4 is 16.8 Å². The molecule has 0 bridgehead atoms. The fourth-order valence-electron chi connectivity index (χ4n) is 1.37. The Morgan fingerprint density at radius 3 is 2.56 bits per heavy atom. The van der Waals surface area contributed by atoms with Crippen molar-refractivity contribution < 1.29 is 4.79 Å². The number of hydrogen-bond acceptors (Lipinski definition) is 3. The average Bonchev–Trinajstić information content (AvgIpc) is 2.30. The smallest absolute Gasteiger partial charge is 0.237 e. The lowest BCUT2D eigenvalue weighted by Crippen LogP contribution is -2.47. The van der Waals surface area contributed by atoms with Crippen LogP contribution in [-0.4, -0.2) is 24.5 Å². The number of amides is 1. The van der Waals surface area contributed by atoms with Crippen molar-refractivity contribution in [3.05, 3.63) is 35.9 Å². The Bertz CT molecular complexity index is 326. The third-order valence-corrected chi connectivity index (χ3v) is 2.38. The highest BCUT2D eigenvalue weighted by Gasteiger charge is 2.15. The van der Waals surface area contributed by atoms with Crippen LogP contribution in [0, 0.1) is 0 Å². The second-order valence-electron chi connectivity index (χ2n) is 3.94. The minimum absolute atomic E-state index is 0.0330. The van der Waals surface area contributed by atoms with Crippen molar-refractivity contribution >= 4 is 5.91 Å². The molecule has 0 spiro atoms. The van der Waals surface area contributed by atoms with Crippen LogP contribution in [0.3, 0.4) is 0 Å². The molecule has 5 N–H and O–H groups in total. The van der Waals surface area contributed by atoms with E-state index in [0.29, 0.717) is 13.0 Å². The van der Waals surface area contributed by atoms with Gasteiger partial charge < -0.3 is 16.8 Å². The summed E-state index contributed by atoms with van der Waals surface area (Å²) in [5.74, 6) is -0.151. The van der Waals surface area contributed by atoms with E-state index in [1.165, 1.54) is 0 Å². The number of carbonyl (C=O) groups excluding carboxylic acids is 1. The van der Waals surface area contributed by atoms with Gasteiger partial charge in [0, 0.05) is 12.6 Å². The maximum atomic E-state index is 11.6. The molecule has 88 valence electrons. The summed E-state index contributed by atoms with van der Waals surface area (Å²) in [5, 5.41) is 2.76. The van der Waals surface area contributed by atoms with E-state index in [1.54, 1.807) is 0 Å². The highest BCUT2D eigenvalue weighted by Crippen LogP contribution is 2.01. The molecule has 0 aliphatic heterocycles. The molecular weight excluding hydrogens is 202 g/mol. The number of carbonyl (C=O) groups is 1. The number of nitrogens with two attached hydrogens (primary N) is 2. The molecule has 0 fully saturated rings. The molecule has 0 radical (unpaired) electrons. The van der Waals surface area contributed by atoms with Crippen molar-refractivity contribution in [1.82, 2.24) is 5.32 Å². The summed E-state index contributed by atoms with van der Waals surface area (Å²) in [6.07, 6.45) is 0.546. The minimum atomic E-state index is -0.517. The van der Waals surface area contributed by atoms with Gasteiger partial charge in [-0.25, -0.2) is 0 Å². The topological polar surface area (TPSA) is 81.1 Å². The second kappa shape index (κ2) is 6.25. The largest absolute Gasteiger partial charge is 0.351 e. The molecule has 1 amide bonds. The molecule has 0 heterocycles. The molecule has 0 aliphatic rings. The van der Waals surface area contributed by atoms with Gasteiger partial charge in [0.15, 0.2) is 0 Å². The Hall–Kier alpha value is -1.39. The van der Waals surface area contributed by atoms with Gasteiger partial charge in [0.25, 0.3) is 0 Å². The summed E-state index contributed by atoms with van der Waals surface area (Å²) in [7, 11) is 0. The van der Waals surface area contributed by atoms with Crippen LogP contribution in [0.1, 0.15) is 12.5 Å². The lowest BCUT2D eigenvalue weighted by molar-refractivity contribution is -0.122. The minimum Gasteiger partial charge on any atom is -0.351 e. The summed E-state index contributed by atoms with van der Waals surface area (Å²) in [4.78, 5) is 11.6. The van der Waals surface area contributed by atoms with Gasteiger partial charge in [-0.1, -0.05) is 30.3 Å². The first-order chi connectivity index (χ1) is 7.63. The molecule has 2 atom stereocenters. The maximum Gasteiger partial charge on any atom is 0.237 e. The summed E-state index contributed by atoms with van der Waals surface area (Å²) < 4.78 is 0. The normalized spacial score (nSPS) is 14.2. The van der Waals surface area contributed by atoms with Crippen LogP contribution in [0.5, 0.6) is 0 Å². The van der Waals surface area contributed by atoms with Gasteiger partial charge >= 0.3 is 0 Å². The summed E-state index contributed by atoms with van der Waals surface area (Å²) in [6.45, 7) is 2.27. The van der Waals surface area contributed by atoms with Crippen LogP contribution >= 0.6 is 0 Å². The van der Waals surface area contributed by atoms with Crippen LogP contribution in [0.4, 0.5) is 0 Å². The van der Waals surface area contributed by atoms with Crippen molar-refractivity contribution in [2.75, 3.05) is 6.54 Å². The molecular formula is C12H19N3O. The summed E-state index contributed by atoms with van der Waals surface area (Å²) in [5.41, 5.74) is 12.3. The van der Waals surface area contributed by atoms with E-state index in [4.69, 9.17) is 11.5 Å². The molecule has 1 aromatic carbocycles. The average molecular weight is 221 g/mol. The van der Waals surface area contributed by atoms with Gasteiger partial charge in [0.2, 0.25) is 5.91 Å². The molecule has 0 saturated carbocycles. The van der Waals surface area contributed by atoms with E-state index in [9.17, 15) is 4.79 Å². The van der Waals surface area contributed by atoms with Crippen molar-refractivity contribution in [1.29, 1.82) is 0 Å². The zero-order chi connectivity index (χ0) is 12.0. The lowest BCUT2D eigenvalue weighted by Gasteiger charge is -2.16. The van der Waals surface area contributed by atoms with E-state index in [-0.39, 0.29) is 11.9 Å². The zero-order valence-corrected chi connectivity index (χ0v) is 9.52. The SMILES string of the molecule is C[C@H](CN)NC(=O)[C@@H](N)Cc1ccccc1. The first-order valence-corrected chi connectivity index (χ1v) is 5.43. The Labute approximate surface area is 96.0 Å². The van der Waals surface area contributed by atoms with Crippen LogP contribution in [0.25, 0.3) is 0 Å². The molecule has 1 aromatic rings. The maximum absolute atomic E-state index is 11.6. The van der Waals surface area contributed by atoms with Crippen LogP contribution in [0.15, 0.2) is 30.3 Å². The lowest BCUT2D eigenvalue weighted by atomic mass is 10.1. The highest BCUT2D eigenvalue weighted by molar-refractivity contribution is 5.82. The molecule has 0 aliphatic carbocycles. The van der Waals surface area contributed by atoms with Gasteiger partial charge in [-0.15, -0.1) is 0 Å². The van der Waals surface area contributed by atoms with Gasteiger partial charge in [0.05, 0.1) is 6.04 Å². The highest BCUT2D eigenvalue weighted by atomic mass is 16.2. The van der Waals surface area contributed by atoms with Crippen molar-refractivity contribution in [2.45, 2.75) is 25.4 Å². The van der Waals surface area contributed by atoms with E-state index >= 15 is 0 Å². The second-order valence-corrected chi connectivity index (χ2v) is 3.94. The van der Waals surface area contributed by atoms with Gasteiger partial charge in [-0.3, -0.25) is 4.79 Å². The number of benzene rings is 1. The fourth-order valence-corrected chi connectivity index (χ4v) is 1.37. The van der Waals surface area contributed by atoms with E-state index < -0.39 is 6.04 Å². The molecule has 4 nitrogen and oxygen atoms in total. The molecule has 0 aromatic heterocycles. The number of hydrogen-bond donors (Lipinski definition) is 3. The van der Waals surface area contributed by atoms with Gasteiger partial charge in [0.1, 0.15) is 0 Å². The van der Waals surface area contributed by atoms with Crippen molar-refractivity contribution in [2.24, 2.45) is 11.5 Å². The Morgan fingerprint density at radius 1 is 1.38 bits per heavy atom. The Morgan fingerprint density at radius 2 is 2.00 bits per heavy atom. The van der Waals surface area contributed by atoms with E-state index in [0.717, 1.165) is 5.56 Å². The predicted molar refractivity (Wildman–Crippen MR) is 64.8 cm³/mol. The Kier molecular flexibility index (Phi) is 4.95. The summed E-state index contributed by atoms with van der Waals surface area (Å²) >= 11 is 0. The van der Waals surface area contributed by atoms with Gasteiger partial charge in [-0.05, 0) is 18.9 Å². The molecule has 0 unspecified atom stereocenters. The number of nitrogens with one attached hydrogen (secondary N) is 1. The Balaban J connectivity index is 2.46. The first kappa shape index (κ1) is 12.7. The first-order valence-electron chi connectivity index (χ1n) is 5.43. The van der Waals surface area contributed by atoms with Crippen LogP contribution in [0.2, 0.25) is 0 Å². The predicted octanol–water partition coefficient (Wildman–Crippen LogP) is 0.0198. The molecule has 0 saturated heterocycles. The monoisotopic (exact) mass is 221 g/mol. The van der Waals surface area contributed by atoms with Crippen molar-refractivity contribution in [3.63, 3.8) is 0 Å². The van der Waals surface area contributed by atoms with Crippen LogP contribution in [-0.2, 0) is 11.2 Å². The molecule has 16 heavy (non-hydrogen) atoms. The van der Waals surface area contributed by atoms with Gasteiger partial charge in [-0.2, -0.15) is 0 Å².